The van der Waals surface area contributed by atoms with E-state index in [4.69, 9.17) is 4.98 Å². The van der Waals surface area contributed by atoms with Crippen molar-refractivity contribution in [2.75, 3.05) is 18.0 Å². The summed E-state index contributed by atoms with van der Waals surface area (Å²) in [7, 11) is 0. The Labute approximate surface area is 169 Å². The Kier molecular flexibility index (Phi) is 5.67. The zero-order valence-corrected chi connectivity index (χ0v) is 16.8. The number of benzene rings is 1. The Morgan fingerprint density at radius 2 is 1.96 bits per heavy atom. The Morgan fingerprint density at radius 1 is 1.18 bits per heavy atom. The molecule has 28 heavy (non-hydrogen) atoms. The molecule has 0 radical (unpaired) electrons. The molecule has 1 amide bonds. The van der Waals surface area contributed by atoms with E-state index in [9.17, 15) is 4.79 Å². The number of nitrogens with zero attached hydrogens (tertiary/aromatic N) is 3. The van der Waals surface area contributed by atoms with Crippen molar-refractivity contribution in [1.29, 1.82) is 0 Å². The van der Waals surface area contributed by atoms with Crippen LogP contribution in [0.2, 0.25) is 0 Å². The van der Waals surface area contributed by atoms with Crippen LogP contribution in [0.25, 0.3) is 11.3 Å². The lowest BCUT2D eigenvalue weighted by molar-refractivity contribution is 0.0936. The minimum absolute atomic E-state index is 0.0488. The van der Waals surface area contributed by atoms with Gasteiger partial charge in [-0.2, -0.15) is 0 Å². The van der Waals surface area contributed by atoms with Crippen LogP contribution in [0.15, 0.2) is 54.0 Å². The molecule has 1 fully saturated rings. The number of hydrogen-bond acceptors (Lipinski definition) is 5. The van der Waals surface area contributed by atoms with E-state index < -0.39 is 0 Å². The fourth-order valence-electron chi connectivity index (χ4n) is 3.48. The van der Waals surface area contributed by atoms with Gasteiger partial charge >= 0.3 is 0 Å². The first kappa shape index (κ1) is 18.6. The number of carbonyl (C=O) groups is 1. The zero-order chi connectivity index (χ0) is 19.3. The van der Waals surface area contributed by atoms with Crippen LogP contribution in [0.1, 0.15) is 47.5 Å². The van der Waals surface area contributed by atoms with Crippen molar-refractivity contribution < 1.29 is 4.79 Å². The third-order valence-corrected chi connectivity index (χ3v) is 6.06. The predicted octanol–water partition coefficient (Wildman–Crippen LogP) is 4.69. The van der Waals surface area contributed by atoms with Crippen LogP contribution < -0.4 is 10.2 Å². The summed E-state index contributed by atoms with van der Waals surface area (Å²) < 4.78 is 0. The van der Waals surface area contributed by atoms with Crippen molar-refractivity contribution in [3.8, 4) is 11.3 Å². The van der Waals surface area contributed by atoms with Crippen molar-refractivity contribution in [3.05, 3.63) is 64.5 Å². The van der Waals surface area contributed by atoms with Crippen molar-refractivity contribution in [3.63, 3.8) is 0 Å². The molecular formula is C22H24N4OS. The zero-order valence-electron chi connectivity index (χ0n) is 16.0. The normalized spacial score (nSPS) is 14.8. The summed E-state index contributed by atoms with van der Waals surface area (Å²) in [5, 5.41) is 5.17. The molecule has 4 rings (SSSR count). The van der Waals surface area contributed by atoms with Gasteiger partial charge in [0.05, 0.1) is 11.7 Å². The number of aromatic nitrogens is 2. The molecule has 1 aromatic carbocycles. The van der Waals surface area contributed by atoms with Crippen LogP contribution in [0.3, 0.4) is 0 Å². The van der Waals surface area contributed by atoms with E-state index in [0.29, 0.717) is 5.56 Å². The van der Waals surface area contributed by atoms with Crippen LogP contribution in [-0.2, 0) is 0 Å². The summed E-state index contributed by atoms with van der Waals surface area (Å²) in [6.07, 6.45) is 5.07. The SMILES string of the molecule is CC[C@@H](NC(=O)c1ccc(-c2ccnc(N3CCCC3)n2)cc1)c1cccs1. The summed E-state index contributed by atoms with van der Waals surface area (Å²) >= 11 is 1.67. The summed E-state index contributed by atoms with van der Waals surface area (Å²) in [5.41, 5.74) is 2.53. The lowest BCUT2D eigenvalue weighted by Gasteiger charge is -2.16. The van der Waals surface area contributed by atoms with E-state index in [-0.39, 0.29) is 11.9 Å². The third kappa shape index (κ3) is 4.07. The highest BCUT2D eigenvalue weighted by atomic mass is 32.1. The number of anilines is 1. The highest BCUT2D eigenvalue weighted by Crippen LogP contribution is 2.24. The molecule has 0 spiro atoms. The molecule has 144 valence electrons. The second-order valence-electron chi connectivity index (χ2n) is 6.96. The van der Waals surface area contributed by atoms with Gasteiger partial charge in [0.15, 0.2) is 0 Å². The maximum Gasteiger partial charge on any atom is 0.251 e. The molecule has 5 nitrogen and oxygen atoms in total. The molecule has 0 unspecified atom stereocenters. The minimum Gasteiger partial charge on any atom is -0.344 e. The largest absolute Gasteiger partial charge is 0.344 e. The minimum atomic E-state index is -0.0488. The molecule has 2 aromatic heterocycles. The van der Waals surface area contributed by atoms with Gasteiger partial charge in [-0.15, -0.1) is 11.3 Å². The topological polar surface area (TPSA) is 58.1 Å². The molecule has 1 atom stereocenters. The second kappa shape index (κ2) is 8.52. The number of hydrogen-bond donors (Lipinski definition) is 1. The monoisotopic (exact) mass is 392 g/mol. The summed E-state index contributed by atoms with van der Waals surface area (Å²) in [6, 6.07) is 13.7. The molecule has 3 aromatic rings. The Hall–Kier alpha value is -2.73. The van der Waals surface area contributed by atoms with Crippen molar-refractivity contribution >= 4 is 23.2 Å². The predicted molar refractivity (Wildman–Crippen MR) is 114 cm³/mol. The third-order valence-electron chi connectivity index (χ3n) is 5.07. The first-order chi connectivity index (χ1) is 13.7. The Morgan fingerprint density at radius 3 is 2.64 bits per heavy atom. The van der Waals surface area contributed by atoms with Crippen LogP contribution >= 0.6 is 11.3 Å². The highest BCUT2D eigenvalue weighted by molar-refractivity contribution is 7.10. The number of carbonyl (C=O) groups excluding carboxylic acids is 1. The van der Waals surface area contributed by atoms with Crippen LogP contribution in [0, 0.1) is 0 Å². The summed E-state index contributed by atoms with van der Waals surface area (Å²) in [4.78, 5) is 25.2. The second-order valence-corrected chi connectivity index (χ2v) is 7.94. The molecule has 0 saturated carbocycles. The van der Waals surface area contributed by atoms with E-state index in [1.165, 1.54) is 17.7 Å². The van der Waals surface area contributed by atoms with Crippen LogP contribution in [-0.4, -0.2) is 29.0 Å². The fraction of sp³-hybridized carbons (Fsp3) is 0.318. The molecule has 6 heteroatoms. The van der Waals surface area contributed by atoms with Gasteiger partial charge in [0, 0.05) is 35.3 Å². The van der Waals surface area contributed by atoms with Gasteiger partial charge < -0.3 is 10.2 Å². The van der Waals surface area contributed by atoms with Gasteiger partial charge in [0.1, 0.15) is 0 Å². The van der Waals surface area contributed by atoms with Gasteiger partial charge in [-0.25, -0.2) is 9.97 Å². The van der Waals surface area contributed by atoms with E-state index >= 15 is 0 Å². The first-order valence-corrected chi connectivity index (χ1v) is 10.7. The lowest BCUT2D eigenvalue weighted by Crippen LogP contribution is -2.27. The van der Waals surface area contributed by atoms with Crippen LogP contribution in [0.5, 0.6) is 0 Å². The molecular weight excluding hydrogens is 368 g/mol. The van der Waals surface area contributed by atoms with E-state index in [0.717, 1.165) is 36.7 Å². The maximum absolute atomic E-state index is 12.6. The smallest absolute Gasteiger partial charge is 0.251 e. The first-order valence-electron chi connectivity index (χ1n) is 9.77. The van der Waals surface area contributed by atoms with Gasteiger partial charge in [-0.1, -0.05) is 25.1 Å². The standard InChI is InChI=1S/C22H24N4OS/c1-2-18(20-6-5-15-28-20)24-21(27)17-9-7-16(8-10-17)19-11-12-23-22(25-19)26-13-3-4-14-26/h5-12,15,18H,2-4,13-14H2,1H3,(H,24,27)/t18-/m1/s1. The van der Waals surface area contributed by atoms with Gasteiger partial charge in [0.2, 0.25) is 5.95 Å². The maximum atomic E-state index is 12.6. The van der Waals surface area contributed by atoms with Crippen LogP contribution in [0.4, 0.5) is 5.95 Å². The Bertz CT molecular complexity index is 918. The average Bonchev–Trinajstić information content (AvgIpc) is 3.46. The van der Waals surface area contributed by atoms with Gasteiger partial charge in [0.25, 0.3) is 5.91 Å². The molecule has 1 aliphatic heterocycles. The highest BCUT2D eigenvalue weighted by Gasteiger charge is 2.17. The number of amides is 1. The molecule has 1 aliphatic rings. The average molecular weight is 393 g/mol. The lowest BCUT2D eigenvalue weighted by atomic mass is 10.1. The molecule has 0 aliphatic carbocycles. The van der Waals surface area contributed by atoms with E-state index in [1.54, 1.807) is 11.3 Å². The number of nitrogens with one attached hydrogen (secondary N) is 1. The molecule has 1 N–H and O–H groups in total. The summed E-state index contributed by atoms with van der Waals surface area (Å²) in [5.74, 6) is 0.741. The Balaban J connectivity index is 1.48. The number of rotatable bonds is 6. The quantitative estimate of drug-likeness (QED) is 0.661. The van der Waals surface area contributed by atoms with E-state index in [1.807, 2.05) is 48.0 Å². The van der Waals surface area contributed by atoms with E-state index in [2.05, 4.69) is 28.2 Å². The molecule has 1 saturated heterocycles. The van der Waals surface area contributed by atoms with Crippen molar-refractivity contribution in [2.45, 2.75) is 32.2 Å². The fourth-order valence-corrected chi connectivity index (χ4v) is 4.34. The molecule has 3 heterocycles. The van der Waals surface area contributed by atoms with Crippen molar-refractivity contribution in [2.24, 2.45) is 0 Å². The van der Waals surface area contributed by atoms with Gasteiger partial charge in [-0.05, 0) is 48.9 Å². The number of thiophene rings is 1. The van der Waals surface area contributed by atoms with Crippen molar-refractivity contribution in [1.82, 2.24) is 15.3 Å². The van der Waals surface area contributed by atoms with Gasteiger partial charge in [-0.3, -0.25) is 4.79 Å². The molecule has 0 bridgehead atoms. The summed E-state index contributed by atoms with van der Waals surface area (Å²) in [6.45, 7) is 4.12.